The van der Waals surface area contributed by atoms with Crippen LogP contribution in [0.3, 0.4) is 0 Å². The highest BCUT2D eigenvalue weighted by Gasteiger charge is 2.32. The molecule has 2 fully saturated rings. The molecule has 7 rings (SSSR count). The maximum Gasteiger partial charge on any atom is 0.274 e. The van der Waals surface area contributed by atoms with E-state index in [1.54, 1.807) is 7.11 Å². The molecule has 1 atom stereocenters. The molecular weight excluding hydrogens is 602 g/mol. The molecule has 2 aromatic heterocycles. The van der Waals surface area contributed by atoms with Crippen LogP contribution in [0.15, 0.2) is 66.9 Å². The molecule has 2 saturated heterocycles. The van der Waals surface area contributed by atoms with Crippen molar-refractivity contribution in [1.82, 2.24) is 24.1 Å². The SMILES string of the molecule is COc1cc2c(cc1OCCCCN1CCN(C(=O)c3nc(-c4ccc(Cl)cc4)n4ccccc34)CC1)C=C[C@@H]1CCCN1C2=O. The number of benzene rings is 2. The minimum Gasteiger partial charge on any atom is -0.493 e. The van der Waals surface area contributed by atoms with Gasteiger partial charge in [0.25, 0.3) is 11.8 Å². The zero-order valence-corrected chi connectivity index (χ0v) is 26.8. The number of fused-ring (bicyclic) bond motifs is 3. The highest BCUT2D eigenvalue weighted by molar-refractivity contribution is 6.30. The fourth-order valence-corrected chi connectivity index (χ4v) is 6.85. The van der Waals surface area contributed by atoms with Gasteiger partial charge in [-0.15, -0.1) is 0 Å². The summed E-state index contributed by atoms with van der Waals surface area (Å²) < 4.78 is 13.7. The molecule has 238 valence electrons. The van der Waals surface area contributed by atoms with E-state index in [2.05, 4.69) is 11.0 Å². The lowest BCUT2D eigenvalue weighted by Gasteiger charge is -2.34. The first-order valence-corrected chi connectivity index (χ1v) is 16.5. The Morgan fingerprint density at radius 2 is 1.83 bits per heavy atom. The van der Waals surface area contributed by atoms with Crippen LogP contribution in [0, 0.1) is 0 Å². The molecule has 0 saturated carbocycles. The van der Waals surface area contributed by atoms with Gasteiger partial charge in [-0.05, 0) is 86.3 Å². The molecule has 0 aliphatic carbocycles. The number of carbonyl (C=O) groups is 2. The number of hydrogen-bond acceptors (Lipinski definition) is 6. The first-order chi connectivity index (χ1) is 22.5. The van der Waals surface area contributed by atoms with Crippen molar-refractivity contribution < 1.29 is 19.1 Å². The minimum absolute atomic E-state index is 0.0383. The van der Waals surface area contributed by atoms with Crippen LogP contribution in [0.2, 0.25) is 5.02 Å². The number of carbonyl (C=O) groups excluding carboxylic acids is 2. The Morgan fingerprint density at radius 1 is 1.00 bits per heavy atom. The number of rotatable bonds is 9. The maximum atomic E-state index is 13.6. The third kappa shape index (κ3) is 5.97. The van der Waals surface area contributed by atoms with E-state index in [0.717, 1.165) is 74.3 Å². The quantitative estimate of drug-likeness (QED) is 0.212. The topological polar surface area (TPSA) is 79.6 Å². The van der Waals surface area contributed by atoms with Crippen LogP contribution in [0.5, 0.6) is 11.5 Å². The summed E-state index contributed by atoms with van der Waals surface area (Å²) in [4.78, 5) is 37.9. The van der Waals surface area contributed by atoms with Crippen molar-refractivity contribution in [2.45, 2.75) is 31.7 Å². The molecule has 9 nitrogen and oxygen atoms in total. The average molecular weight is 640 g/mol. The number of nitrogens with zero attached hydrogens (tertiary/aromatic N) is 5. The van der Waals surface area contributed by atoms with Gasteiger partial charge in [-0.2, -0.15) is 0 Å². The normalized spacial score (nSPS) is 18.0. The number of halogens is 1. The zero-order valence-electron chi connectivity index (χ0n) is 26.0. The van der Waals surface area contributed by atoms with Crippen LogP contribution >= 0.6 is 11.6 Å². The summed E-state index contributed by atoms with van der Waals surface area (Å²) in [6.07, 6.45) is 10.0. The predicted octanol–water partition coefficient (Wildman–Crippen LogP) is 5.91. The molecule has 3 aliphatic rings. The first-order valence-electron chi connectivity index (χ1n) is 16.1. The van der Waals surface area contributed by atoms with Crippen molar-refractivity contribution in [1.29, 1.82) is 0 Å². The molecule has 10 heteroatoms. The Hall–Kier alpha value is -4.34. The summed E-state index contributed by atoms with van der Waals surface area (Å²) in [5.41, 5.74) is 3.74. The van der Waals surface area contributed by atoms with E-state index in [9.17, 15) is 9.59 Å². The molecular formula is C36H38ClN5O4. The fourth-order valence-electron chi connectivity index (χ4n) is 6.73. The van der Waals surface area contributed by atoms with E-state index in [4.69, 9.17) is 26.1 Å². The highest BCUT2D eigenvalue weighted by atomic mass is 35.5. The van der Waals surface area contributed by atoms with Gasteiger partial charge in [-0.3, -0.25) is 18.9 Å². The number of ether oxygens (including phenoxy) is 2. The van der Waals surface area contributed by atoms with Crippen molar-refractivity contribution >= 4 is 35.0 Å². The van der Waals surface area contributed by atoms with Gasteiger partial charge in [0.2, 0.25) is 0 Å². The molecule has 2 amide bonds. The third-order valence-electron chi connectivity index (χ3n) is 9.26. The van der Waals surface area contributed by atoms with Crippen LogP contribution < -0.4 is 9.47 Å². The second-order valence-electron chi connectivity index (χ2n) is 12.1. The summed E-state index contributed by atoms with van der Waals surface area (Å²) in [7, 11) is 1.61. The van der Waals surface area contributed by atoms with Crippen molar-refractivity contribution in [3.05, 3.63) is 88.7 Å². The lowest BCUT2D eigenvalue weighted by atomic mass is 10.1. The predicted molar refractivity (Wildman–Crippen MR) is 179 cm³/mol. The molecule has 2 aromatic carbocycles. The molecule has 0 unspecified atom stereocenters. The van der Waals surface area contributed by atoms with Crippen LogP contribution in [0.25, 0.3) is 23.0 Å². The molecule has 0 N–H and O–H groups in total. The minimum atomic E-state index is -0.0383. The molecule has 0 spiro atoms. The summed E-state index contributed by atoms with van der Waals surface area (Å²) in [6, 6.07) is 17.3. The van der Waals surface area contributed by atoms with E-state index < -0.39 is 0 Å². The number of imidazole rings is 1. The van der Waals surface area contributed by atoms with Gasteiger partial charge in [-0.1, -0.05) is 29.8 Å². The van der Waals surface area contributed by atoms with Crippen molar-refractivity contribution in [3.8, 4) is 22.9 Å². The molecule has 4 aromatic rings. The number of aromatic nitrogens is 2. The Morgan fingerprint density at radius 3 is 2.63 bits per heavy atom. The molecule has 0 bridgehead atoms. The third-order valence-corrected chi connectivity index (χ3v) is 9.52. The first kappa shape index (κ1) is 30.3. The standard InChI is InChI=1S/C36H38ClN5O4/c1-45-31-24-29-26(11-14-28-7-6-17-41(28)35(29)43)23-32(31)46-22-5-4-15-39-18-20-40(21-19-39)36(44)33-30-8-2-3-16-42(30)34(38-33)25-9-12-27(37)13-10-25/h2-3,8-14,16,23-24,28H,4-7,15,17-22H2,1H3/t28-/m0/s1. The van der Waals surface area contributed by atoms with Gasteiger partial charge in [0.05, 0.1) is 30.8 Å². The van der Waals surface area contributed by atoms with Gasteiger partial charge >= 0.3 is 0 Å². The summed E-state index contributed by atoms with van der Waals surface area (Å²) in [6.45, 7) is 5.26. The Labute approximate surface area is 274 Å². The van der Waals surface area contributed by atoms with Crippen LogP contribution in [0.1, 0.15) is 52.1 Å². The summed E-state index contributed by atoms with van der Waals surface area (Å²) in [5, 5.41) is 0.660. The van der Waals surface area contributed by atoms with Crippen LogP contribution in [-0.2, 0) is 0 Å². The molecule has 5 heterocycles. The second-order valence-corrected chi connectivity index (χ2v) is 12.5. The smallest absolute Gasteiger partial charge is 0.274 e. The molecule has 46 heavy (non-hydrogen) atoms. The van der Waals surface area contributed by atoms with E-state index >= 15 is 0 Å². The number of amides is 2. The lowest BCUT2D eigenvalue weighted by molar-refractivity contribution is 0.0630. The maximum absolute atomic E-state index is 13.6. The number of unbranched alkanes of at least 4 members (excludes halogenated alkanes) is 1. The number of hydrogen-bond donors (Lipinski definition) is 0. The number of pyridine rings is 1. The molecule has 3 aliphatic heterocycles. The van der Waals surface area contributed by atoms with Gasteiger partial charge in [0.15, 0.2) is 17.2 Å². The second kappa shape index (κ2) is 13.2. The van der Waals surface area contributed by atoms with E-state index in [1.807, 2.05) is 81.1 Å². The van der Waals surface area contributed by atoms with Gasteiger partial charge in [0, 0.05) is 49.5 Å². The van der Waals surface area contributed by atoms with Crippen LogP contribution in [-0.4, -0.2) is 94.9 Å². The monoisotopic (exact) mass is 639 g/mol. The van der Waals surface area contributed by atoms with Gasteiger partial charge in [-0.25, -0.2) is 4.98 Å². The summed E-state index contributed by atoms with van der Waals surface area (Å²) >= 11 is 6.10. The van der Waals surface area contributed by atoms with Crippen molar-refractivity contribution in [2.24, 2.45) is 0 Å². The molecule has 0 radical (unpaired) electrons. The highest BCUT2D eigenvalue weighted by Crippen LogP contribution is 2.35. The Balaban J connectivity index is 0.912. The van der Waals surface area contributed by atoms with Crippen molar-refractivity contribution in [3.63, 3.8) is 0 Å². The van der Waals surface area contributed by atoms with E-state index in [0.29, 0.717) is 47.5 Å². The van der Waals surface area contributed by atoms with Gasteiger partial charge in [0.1, 0.15) is 5.82 Å². The summed E-state index contributed by atoms with van der Waals surface area (Å²) in [5.74, 6) is 2.01. The number of methoxy groups -OCH3 is 1. The lowest BCUT2D eigenvalue weighted by Crippen LogP contribution is -2.49. The zero-order chi connectivity index (χ0) is 31.6. The fraction of sp³-hybridized carbons (Fsp3) is 0.361. The average Bonchev–Trinajstić information content (AvgIpc) is 3.69. The van der Waals surface area contributed by atoms with E-state index in [-0.39, 0.29) is 17.9 Å². The van der Waals surface area contributed by atoms with Crippen LogP contribution in [0.4, 0.5) is 0 Å². The number of piperazine rings is 1. The Bertz CT molecular complexity index is 1780. The largest absolute Gasteiger partial charge is 0.493 e. The Kier molecular flexibility index (Phi) is 8.69. The van der Waals surface area contributed by atoms with Crippen molar-refractivity contribution in [2.75, 3.05) is 53.0 Å². The van der Waals surface area contributed by atoms with E-state index in [1.165, 1.54) is 0 Å². The van der Waals surface area contributed by atoms with Gasteiger partial charge < -0.3 is 19.3 Å².